The molecule has 2 aromatic carbocycles. The average Bonchev–Trinajstić information content (AvgIpc) is 2.60. The summed E-state index contributed by atoms with van der Waals surface area (Å²) in [6.07, 6.45) is -2.34. The Hall–Kier alpha value is -2.86. The first-order valence-electron chi connectivity index (χ1n) is 9.16. The topological polar surface area (TPSA) is 98.7 Å². The van der Waals surface area contributed by atoms with Gasteiger partial charge in [0.15, 0.2) is 0 Å². The minimum absolute atomic E-state index is 0.253. The molecular weight excluding hydrogens is 358 g/mol. The number of carbonyl (C=O) groups excluding carboxylic acids is 2. The third-order valence-electron chi connectivity index (χ3n) is 4.06. The second-order valence-electron chi connectivity index (χ2n) is 7.66. The number of benzene rings is 2. The van der Waals surface area contributed by atoms with Crippen molar-refractivity contribution in [2.45, 2.75) is 51.4 Å². The van der Waals surface area contributed by atoms with Gasteiger partial charge in [-0.25, -0.2) is 4.79 Å². The van der Waals surface area contributed by atoms with Crippen molar-refractivity contribution in [1.29, 1.82) is 0 Å². The fourth-order valence-electron chi connectivity index (χ4n) is 2.77. The fraction of sp³-hybridized carbons (Fsp3) is 0.364. The van der Waals surface area contributed by atoms with Gasteiger partial charge in [-0.3, -0.25) is 0 Å². The maximum Gasteiger partial charge on any atom is 0.407 e. The van der Waals surface area contributed by atoms with Gasteiger partial charge in [0, 0.05) is 12.4 Å². The summed E-state index contributed by atoms with van der Waals surface area (Å²) < 4.78 is 5.21. The molecule has 0 saturated heterocycles. The highest BCUT2D eigenvalue weighted by molar-refractivity contribution is 5.69. The predicted molar refractivity (Wildman–Crippen MR) is 104 cm³/mol. The molecule has 2 aromatic rings. The number of hydrogen-bond acceptors (Lipinski definition) is 5. The minimum atomic E-state index is -1.39. The zero-order valence-corrected chi connectivity index (χ0v) is 16.3. The van der Waals surface area contributed by atoms with Crippen LogP contribution in [0.15, 0.2) is 54.6 Å². The van der Waals surface area contributed by atoms with Crippen molar-refractivity contribution in [2.24, 2.45) is 0 Å². The van der Waals surface area contributed by atoms with Gasteiger partial charge in [0.25, 0.3) is 0 Å². The van der Waals surface area contributed by atoms with Gasteiger partial charge in [-0.1, -0.05) is 54.6 Å². The van der Waals surface area contributed by atoms with E-state index in [1.165, 1.54) is 0 Å². The van der Waals surface area contributed by atoms with Crippen molar-refractivity contribution < 1.29 is 24.5 Å². The van der Waals surface area contributed by atoms with Crippen molar-refractivity contribution in [1.82, 2.24) is 5.32 Å². The largest absolute Gasteiger partial charge is 0.550 e. The van der Waals surface area contributed by atoms with Gasteiger partial charge in [0.2, 0.25) is 0 Å². The van der Waals surface area contributed by atoms with E-state index in [1.807, 2.05) is 54.6 Å². The lowest BCUT2D eigenvalue weighted by atomic mass is 9.97. The van der Waals surface area contributed by atoms with Crippen LogP contribution in [0.2, 0.25) is 0 Å². The van der Waals surface area contributed by atoms with Gasteiger partial charge in [-0.15, -0.1) is 0 Å². The van der Waals surface area contributed by atoms with Crippen LogP contribution < -0.4 is 10.4 Å². The summed E-state index contributed by atoms with van der Waals surface area (Å²) in [5.41, 5.74) is 2.26. The summed E-state index contributed by atoms with van der Waals surface area (Å²) in [7, 11) is 0. The lowest BCUT2D eigenvalue weighted by Crippen LogP contribution is -2.48. The van der Waals surface area contributed by atoms with Crippen molar-refractivity contribution in [3.63, 3.8) is 0 Å². The number of carboxylic acids is 1. The lowest BCUT2D eigenvalue weighted by molar-refractivity contribution is -0.307. The number of carboxylic acid groups (broad SMARTS) is 1. The number of aliphatic hydroxyl groups excluding tert-OH is 1. The Bertz CT molecular complexity index is 781. The molecule has 6 heteroatoms. The van der Waals surface area contributed by atoms with E-state index in [1.54, 1.807) is 20.8 Å². The monoisotopic (exact) mass is 384 g/mol. The summed E-state index contributed by atoms with van der Waals surface area (Å²) in [6, 6.07) is 16.7. The molecule has 0 spiro atoms. The van der Waals surface area contributed by atoms with E-state index >= 15 is 0 Å². The van der Waals surface area contributed by atoms with E-state index in [0.29, 0.717) is 0 Å². The van der Waals surface area contributed by atoms with Crippen LogP contribution in [-0.2, 0) is 16.0 Å². The summed E-state index contributed by atoms with van der Waals surface area (Å²) in [5.74, 6) is -1.39. The second kappa shape index (κ2) is 9.37. The van der Waals surface area contributed by atoms with Gasteiger partial charge in [0.05, 0.1) is 12.1 Å². The van der Waals surface area contributed by atoms with Crippen LogP contribution in [0.3, 0.4) is 0 Å². The molecule has 2 atom stereocenters. The number of alkyl carbamates (subject to hydrolysis) is 1. The SMILES string of the molecule is CC(C)(C)OC(=O)N[C@@H](Cc1ccc(-c2ccccc2)cc1)[C@@H](O)CC(=O)[O-]. The first kappa shape index (κ1) is 21.4. The standard InChI is InChI=1S/C22H27NO5/c1-22(2,3)28-21(27)23-18(19(24)14-20(25)26)13-15-9-11-17(12-10-15)16-7-5-4-6-8-16/h4-12,18-19,24H,13-14H2,1-3H3,(H,23,27)(H,25,26)/p-1/t18-,19-/m0/s1. The number of amides is 1. The number of nitrogens with one attached hydrogen (secondary N) is 1. The van der Waals surface area contributed by atoms with Crippen LogP contribution in [0.5, 0.6) is 0 Å². The van der Waals surface area contributed by atoms with Crippen molar-refractivity contribution in [3.05, 3.63) is 60.2 Å². The number of rotatable bonds is 7. The van der Waals surface area contributed by atoms with Crippen LogP contribution in [-0.4, -0.2) is 34.9 Å². The second-order valence-corrected chi connectivity index (χ2v) is 7.66. The molecule has 28 heavy (non-hydrogen) atoms. The van der Waals surface area contributed by atoms with E-state index in [-0.39, 0.29) is 6.42 Å². The van der Waals surface area contributed by atoms with Crippen LogP contribution in [0.4, 0.5) is 4.79 Å². The highest BCUT2D eigenvalue weighted by Crippen LogP contribution is 2.20. The van der Waals surface area contributed by atoms with E-state index in [0.717, 1.165) is 16.7 Å². The molecule has 2 N–H and O–H groups in total. The van der Waals surface area contributed by atoms with Crippen LogP contribution in [0.1, 0.15) is 32.8 Å². The van der Waals surface area contributed by atoms with Gasteiger partial charge in [-0.2, -0.15) is 0 Å². The third kappa shape index (κ3) is 7.04. The molecule has 6 nitrogen and oxygen atoms in total. The van der Waals surface area contributed by atoms with Crippen molar-refractivity contribution >= 4 is 12.1 Å². The molecule has 0 aliphatic carbocycles. The lowest BCUT2D eigenvalue weighted by Gasteiger charge is -2.27. The summed E-state index contributed by atoms with van der Waals surface area (Å²) >= 11 is 0. The average molecular weight is 384 g/mol. The smallest absolute Gasteiger partial charge is 0.407 e. The highest BCUT2D eigenvalue weighted by Gasteiger charge is 2.25. The van der Waals surface area contributed by atoms with E-state index in [4.69, 9.17) is 4.74 Å². The maximum atomic E-state index is 12.1. The zero-order valence-electron chi connectivity index (χ0n) is 16.3. The fourth-order valence-corrected chi connectivity index (χ4v) is 2.77. The molecule has 0 radical (unpaired) electrons. The summed E-state index contributed by atoms with van der Waals surface area (Å²) in [5, 5.41) is 23.7. The summed E-state index contributed by atoms with van der Waals surface area (Å²) in [6.45, 7) is 5.17. The van der Waals surface area contributed by atoms with Crippen LogP contribution >= 0.6 is 0 Å². The molecule has 0 unspecified atom stereocenters. The molecule has 0 bridgehead atoms. The molecule has 0 aromatic heterocycles. The molecule has 150 valence electrons. The van der Waals surface area contributed by atoms with E-state index in [9.17, 15) is 19.8 Å². The Balaban J connectivity index is 2.12. The maximum absolute atomic E-state index is 12.1. The Morgan fingerprint density at radius 1 is 1.04 bits per heavy atom. The molecule has 0 fully saturated rings. The quantitative estimate of drug-likeness (QED) is 0.763. The zero-order chi connectivity index (χ0) is 20.7. The normalized spacial score (nSPS) is 13.4. The van der Waals surface area contributed by atoms with Crippen LogP contribution in [0.25, 0.3) is 11.1 Å². The van der Waals surface area contributed by atoms with Gasteiger partial charge in [0.1, 0.15) is 5.60 Å². The van der Waals surface area contributed by atoms with Crippen molar-refractivity contribution in [2.75, 3.05) is 0 Å². The molecule has 2 rings (SSSR count). The number of hydrogen-bond donors (Lipinski definition) is 2. The molecule has 0 saturated carbocycles. The molecule has 1 amide bonds. The molecule has 0 heterocycles. The molecule has 0 aliphatic heterocycles. The van der Waals surface area contributed by atoms with Gasteiger partial charge < -0.3 is 25.1 Å². The molecular formula is C22H26NO5-. The Morgan fingerprint density at radius 2 is 1.61 bits per heavy atom. The first-order valence-corrected chi connectivity index (χ1v) is 9.16. The first-order chi connectivity index (χ1) is 13.1. The minimum Gasteiger partial charge on any atom is -0.550 e. The van der Waals surface area contributed by atoms with Gasteiger partial charge in [-0.05, 0) is 43.9 Å². The Morgan fingerprint density at radius 3 is 2.14 bits per heavy atom. The molecule has 0 aliphatic rings. The number of aliphatic carboxylic acids is 1. The predicted octanol–water partition coefficient (Wildman–Crippen LogP) is 2.29. The summed E-state index contributed by atoms with van der Waals surface area (Å²) in [4.78, 5) is 22.9. The van der Waals surface area contributed by atoms with E-state index in [2.05, 4.69) is 5.32 Å². The highest BCUT2D eigenvalue weighted by atomic mass is 16.6. The van der Waals surface area contributed by atoms with Gasteiger partial charge >= 0.3 is 6.09 Å². The van der Waals surface area contributed by atoms with E-state index < -0.39 is 36.2 Å². The third-order valence-corrected chi connectivity index (χ3v) is 4.06. The Labute approximate surface area is 165 Å². The number of ether oxygens (including phenoxy) is 1. The number of carbonyl (C=O) groups is 2. The Kier molecular flexibility index (Phi) is 7.18. The number of aliphatic hydroxyl groups is 1. The van der Waals surface area contributed by atoms with Crippen LogP contribution in [0, 0.1) is 0 Å². The van der Waals surface area contributed by atoms with Crippen molar-refractivity contribution in [3.8, 4) is 11.1 Å².